The third-order valence-corrected chi connectivity index (χ3v) is 6.89. The van der Waals surface area contributed by atoms with Crippen molar-refractivity contribution in [1.29, 1.82) is 0 Å². The van der Waals surface area contributed by atoms with E-state index < -0.39 is 24.0 Å². The summed E-state index contributed by atoms with van der Waals surface area (Å²) in [5.41, 5.74) is 2.46. The molecule has 0 amide bonds. The van der Waals surface area contributed by atoms with Crippen molar-refractivity contribution in [2.45, 2.75) is 32.2 Å². The van der Waals surface area contributed by atoms with Gasteiger partial charge in [-0.3, -0.25) is 0 Å². The lowest BCUT2D eigenvalue weighted by Gasteiger charge is -2.15. The molecule has 10 nitrogen and oxygen atoms in total. The van der Waals surface area contributed by atoms with Crippen LogP contribution in [0.15, 0.2) is 85.0 Å². The molecule has 2 aliphatic heterocycles. The highest BCUT2D eigenvalue weighted by atomic mass is 16.6. The van der Waals surface area contributed by atoms with Gasteiger partial charge in [-0.2, -0.15) is 0 Å². The van der Waals surface area contributed by atoms with Gasteiger partial charge in [0.25, 0.3) is 0 Å². The molecule has 4 atom stereocenters. The van der Waals surface area contributed by atoms with Gasteiger partial charge in [0.1, 0.15) is 44.0 Å². The van der Waals surface area contributed by atoms with Crippen molar-refractivity contribution in [3.8, 4) is 11.5 Å². The molecule has 0 unspecified atom stereocenters. The fraction of sp³-hybridized carbons (Fsp3) is 0.343. The lowest BCUT2D eigenvalue weighted by Crippen LogP contribution is -2.32. The quantitative estimate of drug-likeness (QED) is 0.120. The molecule has 238 valence electrons. The predicted molar refractivity (Wildman–Crippen MR) is 166 cm³/mol. The molecule has 2 fully saturated rings. The number of hydrogen-bond acceptors (Lipinski definition) is 10. The van der Waals surface area contributed by atoms with Crippen molar-refractivity contribution in [3.63, 3.8) is 0 Å². The lowest BCUT2D eigenvalue weighted by atomic mass is 9.99. The first-order chi connectivity index (χ1) is 21.7. The Morgan fingerprint density at radius 1 is 0.733 bits per heavy atom. The van der Waals surface area contributed by atoms with Crippen LogP contribution in [0.25, 0.3) is 12.2 Å². The summed E-state index contributed by atoms with van der Waals surface area (Å²) >= 11 is 0. The van der Waals surface area contributed by atoms with Gasteiger partial charge in [-0.05, 0) is 55.3 Å². The number of rotatable bonds is 15. The van der Waals surface area contributed by atoms with Crippen LogP contribution in [0.3, 0.4) is 0 Å². The molecule has 4 rings (SSSR count). The highest BCUT2D eigenvalue weighted by molar-refractivity contribution is 5.88. The molecule has 0 radical (unpaired) electrons. The zero-order chi connectivity index (χ0) is 32.2. The Kier molecular flexibility index (Phi) is 12.1. The highest BCUT2D eigenvalue weighted by Gasteiger charge is 2.48. The molecule has 0 bridgehead atoms. The fourth-order valence-electron chi connectivity index (χ4n) is 4.53. The van der Waals surface area contributed by atoms with E-state index in [0.29, 0.717) is 29.3 Å². The van der Waals surface area contributed by atoms with Crippen LogP contribution in [-0.2, 0) is 38.1 Å². The van der Waals surface area contributed by atoms with Crippen LogP contribution in [0.2, 0.25) is 0 Å². The lowest BCUT2D eigenvalue weighted by molar-refractivity contribution is -0.147. The van der Waals surface area contributed by atoms with Gasteiger partial charge in [-0.1, -0.05) is 49.6 Å². The average molecular weight is 619 g/mol. The average Bonchev–Trinajstić information content (AvgIpc) is 3.63. The molecule has 2 aromatic rings. The molecule has 0 N–H and O–H groups in total. The zero-order valence-corrected chi connectivity index (χ0v) is 25.5. The number of fused-ring (bicyclic) bond motifs is 1. The Bertz CT molecular complexity index is 1410. The van der Waals surface area contributed by atoms with E-state index in [4.69, 9.17) is 33.2 Å². The number of hydrogen-bond donors (Lipinski definition) is 0. The second kappa shape index (κ2) is 16.4. The highest BCUT2D eigenvalue weighted by Crippen LogP contribution is 2.34. The number of benzene rings is 2. The molecule has 2 saturated heterocycles. The van der Waals surface area contributed by atoms with E-state index in [2.05, 4.69) is 13.2 Å². The molecule has 2 aliphatic rings. The van der Waals surface area contributed by atoms with Crippen LogP contribution >= 0.6 is 0 Å². The molecule has 45 heavy (non-hydrogen) atoms. The van der Waals surface area contributed by atoms with E-state index in [1.165, 1.54) is 6.08 Å². The first-order valence-corrected chi connectivity index (χ1v) is 14.6. The van der Waals surface area contributed by atoms with Crippen molar-refractivity contribution >= 4 is 30.1 Å². The van der Waals surface area contributed by atoms with Crippen molar-refractivity contribution in [3.05, 3.63) is 96.1 Å². The van der Waals surface area contributed by atoms with Crippen molar-refractivity contribution < 1.29 is 47.5 Å². The Labute approximate surface area is 262 Å². The van der Waals surface area contributed by atoms with Crippen LogP contribution in [0, 0.1) is 5.92 Å². The van der Waals surface area contributed by atoms with Gasteiger partial charge in [0, 0.05) is 23.1 Å². The van der Waals surface area contributed by atoms with Gasteiger partial charge in [-0.25, -0.2) is 14.4 Å². The van der Waals surface area contributed by atoms with Gasteiger partial charge in [0.15, 0.2) is 6.10 Å². The zero-order valence-electron chi connectivity index (χ0n) is 25.5. The van der Waals surface area contributed by atoms with Gasteiger partial charge >= 0.3 is 17.9 Å². The van der Waals surface area contributed by atoms with Gasteiger partial charge in [0.2, 0.25) is 0 Å². The molecule has 2 aromatic carbocycles. The molecule has 0 saturated carbocycles. The first-order valence-electron chi connectivity index (χ1n) is 14.6. The summed E-state index contributed by atoms with van der Waals surface area (Å²) in [4.78, 5) is 35.3. The van der Waals surface area contributed by atoms with E-state index in [0.717, 1.165) is 11.1 Å². The number of carbonyl (C=O) groups excluding carboxylic acids is 3. The third kappa shape index (κ3) is 10.2. The van der Waals surface area contributed by atoms with Crippen LogP contribution in [0.4, 0.5) is 0 Å². The minimum Gasteiger partial charge on any atom is -0.490 e. The van der Waals surface area contributed by atoms with Crippen molar-refractivity contribution in [1.82, 2.24) is 0 Å². The van der Waals surface area contributed by atoms with Crippen LogP contribution < -0.4 is 9.47 Å². The minimum atomic E-state index is -0.494. The standard InChI is InChI=1S/C35H38O10/c1-23(2)34(37)41-19-17-39-28-12-6-25(7-13-28)5-11-27-21-43-33-30(22-44-32(27)33)45-31(36)16-10-26-8-14-29(15-9-26)40-18-20-42-35(38)24(3)4/h5-16,27,30,32-33H,1,3,17-22H2,2,4H3/b11-5?,16-10+/t27-,30-,32-,33-/m1/s1. The summed E-state index contributed by atoms with van der Waals surface area (Å²) in [7, 11) is 0. The van der Waals surface area contributed by atoms with E-state index >= 15 is 0 Å². The summed E-state index contributed by atoms with van der Waals surface area (Å²) in [5.74, 6) is -0.0728. The van der Waals surface area contributed by atoms with E-state index in [9.17, 15) is 14.4 Å². The Balaban J connectivity index is 1.17. The van der Waals surface area contributed by atoms with E-state index in [-0.39, 0.29) is 51.2 Å². The summed E-state index contributed by atoms with van der Waals surface area (Å²) in [5, 5.41) is 0. The summed E-state index contributed by atoms with van der Waals surface area (Å²) in [6.45, 7) is 11.7. The smallest absolute Gasteiger partial charge is 0.333 e. The molecule has 10 heteroatoms. The maximum Gasteiger partial charge on any atom is 0.333 e. The summed E-state index contributed by atoms with van der Waals surface area (Å²) < 4.78 is 38.7. The predicted octanol–water partition coefficient (Wildman–Crippen LogP) is 4.74. The number of esters is 3. The second-order valence-corrected chi connectivity index (χ2v) is 10.6. The molecule has 0 spiro atoms. The third-order valence-electron chi connectivity index (χ3n) is 6.89. The second-order valence-electron chi connectivity index (χ2n) is 10.6. The van der Waals surface area contributed by atoms with Crippen LogP contribution in [0.5, 0.6) is 11.5 Å². The SMILES string of the molecule is C=C(C)C(=O)OCCOc1ccc(C=C[C@@H]2CO[C@H]3[C@@H]2OC[C@H]3OC(=O)/C=C/c2ccc(OCCOC(=O)C(=C)C)cc2)cc1. The normalized spacial score (nSPS) is 20.5. The van der Waals surface area contributed by atoms with Gasteiger partial charge in [-0.15, -0.1) is 0 Å². The first kappa shape index (κ1) is 33.2. The van der Waals surface area contributed by atoms with Crippen LogP contribution in [-0.4, -0.2) is 75.9 Å². The Morgan fingerprint density at radius 2 is 1.24 bits per heavy atom. The molecule has 0 aromatic heterocycles. The minimum absolute atomic E-state index is 0.0204. The maximum absolute atomic E-state index is 12.5. The molecule has 0 aliphatic carbocycles. The van der Waals surface area contributed by atoms with Crippen LogP contribution in [0.1, 0.15) is 25.0 Å². The van der Waals surface area contributed by atoms with Crippen molar-refractivity contribution in [2.24, 2.45) is 5.92 Å². The fourth-order valence-corrected chi connectivity index (χ4v) is 4.53. The molecule has 2 heterocycles. The van der Waals surface area contributed by atoms with Crippen molar-refractivity contribution in [2.75, 3.05) is 39.6 Å². The molecular weight excluding hydrogens is 580 g/mol. The van der Waals surface area contributed by atoms with Gasteiger partial charge in [0.05, 0.1) is 19.3 Å². The van der Waals surface area contributed by atoms with E-state index in [1.54, 1.807) is 44.2 Å². The largest absolute Gasteiger partial charge is 0.490 e. The summed E-state index contributed by atoms with van der Waals surface area (Å²) in [6.07, 6.45) is 6.03. The number of carbonyl (C=O) groups is 3. The topological polar surface area (TPSA) is 116 Å². The van der Waals surface area contributed by atoms with Gasteiger partial charge < -0.3 is 33.2 Å². The van der Waals surface area contributed by atoms with E-state index in [1.807, 2.05) is 36.4 Å². The molecular formula is C35H38O10. The Morgan fingerprint density at radius 3 is 1.78 bits per heavy atom. The monoisotopic (exact) mass is 618 g/mol. The summed E-state index contributed by atoms with van der Waals surface area (Å²) in [6, 6.07) is 14.7. The number of ether oxygens (including phenoxy) is 7. The Hall–Kier alpha value is -4.67. The maximum atomic E-state index is 12.5.